The lowest BCUT2D eigenvalue weighted by atomic mass is 9.90. The molecule has 2 rings (SSSR count). The van der Waals surface area contributed by atoms with E-state index in [9.17, 15) is 14.7 Å². The Bertz CT molecular complexity index is 1030. The van der Waals surface area contributed by atoms with Crippen molar-refractivity contribution >= 4 is 22.7 Å². The van der Waals surface area contributed by atoms with E-state index in [0.29, 0.717) is 19.4 Å². The maximum Gasteiger partial charge on any atom is 0.317 e. The number of phenolic OH excluding ortho intramolecular Hbond substituents is 1. The summed E-state index contributed by atoms with van der Waals surface area (Å²) in [6, 6.07) is 3.93. The molecule has 182 valence electrons. The van der Waals surface area contributed by atoms with E-state index in [1.165, 1.54) is 12.1 Å². The summed E-state index contributed by atoms with van der Waals surface area (Å²) in [5.74, 6) is -2.69. The van der Waals surface area contributed by atoms with Gasteiger partial charge >= 0.3 is 11.9 Å². The van der Waals surface area contributed by atoms with Gasteiger partial charge in [-0.1, -0.05) is 27.2 Å². The van der Waals surface area contributed by atoms with Crippen LogP contribution in [-0.4, -0.2) is 23.7 Å². The molecule has 0 bridgehead atoms. The highest BCUT2D eigenvalue weighted by molar-refractivity contribution is 6.02. The Hall–Kier alpha value is -2.83. The molecule has 1 N–H and O–H groups in total. The normalized spacial score (nSPS) is 12.0. The number of ether oxygens (including phenoxy) is 3. The molecular weight excluding hydrogens is 427 g/mol. The molecule has 6 nitrogen and oxygen atoms in total. The molecule has 2 aromatic carbocycles. The Labute approximate surface area is 195 Å². The van der Waals surface area contributed by atoms with Gasteiger partial charge in [-0.25, -0.2) is 4.39 Å². The molecule has 0 spiro atoms. The van der Waals surface area contributed by atoms with Gasteiger partial charge in [0.1, 0.15) is 5.75 Å². The minimum atomic E-state index is -0.876. The van der Waals surface area contributed by atoms with Crippen LogP contribution in [-0.2, 0) is 9.59 Å². The van der Waals surface area contributed by atoms with Gasteiger partial charge in [-0.3, -0.25) is 9.59 Å². The minimum Gasteiger partial charge on any atom is -0.504 e. The number of carbonyl (C=O) groups is 2. The summed E-state index contributed by atoms with van der Waals surface area (Å²) in [6.45, 7) is 12.9. The van der Waals surface area contributed by atoms with Crippen LogP contribution in [0.15, 0.2) is 18.2 Å². The molecule has 0 unspecified atom stereocenters. The van der Waals surface area contributed by atoms with Crippen LogP contribution in [0.2, 0.25) is 0 Å². The number of fused-ring (bicyclic) bond motifs is 1. The quantitative estimate of drug-likeness (QED) is 0.245. The van der Waals surface area contributed by atoms with Gasteiger partial charge in [0.25, 0.3) is 0 Å². The maximum absolute atomic E-state index is 15.2. The SMILES string of the molecule is CCCCOc1ccc2c(OC(=O)C(C)(C)CC)c(F)cc(OC(=O)C(C)(C)CC)c2c1O. The topological polar surface area (TPSA) is 82.1 Å². The summed E-state index contributed by atoms with van der Waals surface area (Å²) in [5, 5.41) is 11.1. The second-order valence-corrected chi connectivity index (χ2v) is 9.48. The third-order valence-electron chi connectivity index (χ3n) is 6.13. The Balaban J connectivity index is 2.68. The van der Waals surface area contributed by atoms with Crippen LogP contribution in [0.5, 0.6) is 23.0 Å². The zero-order valence-electron chi connectivity index (χ0n) is 20.6. The van der Waals surface area contributed by atoms with E-state index in [4.69, 9.17) is 14.2 Å². The molecule has 0 saturated heterocycles. The number of hydrogen-bond acceptors (Lipinski definition) is 6. The summed E-state index contributed by atoms with van der Waals surface area (Å²) < 4.78 is 31.8. The first kappa shape index (κ1) is 26.4. The van der Waals surface area contributed by atoms with Crippen molar-refractivity contribution in [2.24, 2.45) is 10.8 Å². The molecule has 33 heavy (non-hydrogen) atoms. The van der Waals surface area contributed by atoms with Gasteiger partial charge in [0.05, 0.1) is 22.8 Å². The van der Waals surface area contributed by atoms with Crippen LogP contribution in [0.1, 0.15) is 74.1 Å². The molecule has 0 fully saturated rings. The van der Waals surface area contributed by atoms with Gasteiger partial charge in [0, 0.05) is 11.5 Å². The lowest BCUT2D eigenvalue weighted by molar-refractivity contribution is -0.145. The predicted molar refractivity (Wildman–Crippen MR) is 125 cm³/mol. The summed E-state index contributed by atoms with van der Waals surface area (Å²) in [5.41, 5.74) is -1.65. The smallest absolute Gasteiger partial charge is 0.317 e. The fourth-order valence-corrected chi connectivity index (χ4v) is 2.78. The van der Waals surface area contributed by atoms with E-state index >= 15 is 4.39 Å². The Morgan fingerprint density at radius 1 is 0.939 bits per heavy atom. The van der Waals surface area contributed by atoms with E-state index in [2.05, 4.69) is 0 Å². The number of rotatable bonds is 10. The molecule has 0 aromatic heterocycles. The lowest BCUT2D eigenvalue weighted by Crippen LogP contribution is -2.29. The van der Waals surface area contributed by atoms with Crippen molar-refractivity contribution in [3.63, 3.8) is 0 Å². The fraction of sp³-hybridized carbons (Fsp3) is 0.538. The summed E-state index contributed by atoms with van der Waals surface area (Å²) >= 11 is 0. The second kappa shape index (κ2) is 10.4. The average molecular weight is 463 g/mol. The van der Waals surface area contributed by atoms with Crippen molar-refractivity contribution in [1.82, 2.24) is 0 Å². The van der Waals surface area contributed by atoms with Crippen molar-refractivity contribution in [3.8, 4) is 23.0 Å². The van der Waals surface area contributed by atoms with Crippen LogP contribution in [0, 0.1) is 16.6 Å². The number of phenols is 1. The fourth-order valence-electron chi connectivity index (χ4n) is 2.78. The molecule has 0 saturated carbocycles. The van der Waals surface area contributed by atoms with Crippen molar-refractivity contribution in [2.75, 3.05) is 6.61 Å². The van der Waals surface area contributed by atoms with Crippen molar-refractivity contribution in [2.45, 2.75) is 74.1 Å². The van der Waals surface area contributed by atoms with Crippen LogP contribution < -0.4 is 14.2 Å². The Morgan fingerprint density at radius 3 is 2.06 bits per heavy atom. The summed E-state index contributed by atoms with van der Waals surface area (Å²) in [4.78, 5) is 25.4. The second-order valence-electron chi connectivity index (χ2n) is 9.48. The lowest BCUT2D eigenvalue weighted by Gasteiger charge is -2.23. The molecular formula is C26H35FO6. The zero-order chi connectivity index (χ0) is 25.0. The molecule has 7 heteroatoms. The largest absolute Gasteiger partial charge is 0.504 e. The Morgan fingerprint density at radius 2 is 1.52 bits per heavy atom. The van der Waals surface area contributed by atoms with Crippen LogP contribution in [0.3, 0.4) is 0 Å². The number of benzene rings is 2. The van der Waals surface area contributed by atoms with Gasteiger partial charge in [-0.15, -0.1) is 0 Å². The zero-order valence-corrected chi connectivity index (χ0v) is 20.6. The number of aromatic hydroxyl groups is 1. The van der Waals surface area contributed by atoms with Crippen LogP contribution in [0.4, 0.5) is 4.39 Å². The molecule has 0 atom stereocenters. The van der Waals surface area contributed by atoms with Crippen molar-refractivity contribution in [1.29, 1.82) is 0 Å². The van der Waals surface area contributed by atoms with Crippen molar-refractivity contribution < 1.29 is 33.3 Å². The summed E-state index contributed by atoms with van der Waals surface area (Å²) in [6.07, 6.45) is 2.68. The standard InChI is InChI=1S/C26H35FO6/c1-8-11-14-31-18-13-12-16-20(21(18)28)19(32-23(29)25(4,5)9-2)15-17(27)22(16)33-24(30)26(6,7)10-3/h12-13,15,28H,8-11,14H2,1-7H3. The van der Waals surface area contributed by atoms with Gasteiger partial charge in [0.2, 0.25) is 0 Å². The van der Waals surface area contributed by atoms with E-state index < -0.39 is 28.6 Å². The number of hydrogen-bond donors (Lipinski definition) is 1. The average Bonchev–Trinajstić information content (AvgIpc) is 2.77. The molecule has 0 heterocycles. The predicted octanol–water partition coefficient (Wildman–Crippen LogP) is 6.55. The Kier molecular flexibility index (Phi) is 8.33. The number of esters is 2. The third-order valence-corrected chi connectivity index (χ3v) is 6.13. The highest BCUT2D eigenvalue weighted by Crippen LogP contribution is 2.46. The van der Waals surface area contributed by atoms with E-state index in [1.807, 2.05) is 20.8 Å². The van der Waals surface area contributed by atoms with Crippen molar-refractivity contribution in [3.05, 3.63) is 24.0 Å². The molecule has 0 amide bonds. The van der Waals surface area contributed by atoms with Crippen LogP contribution in [0.25, 0.3) is 10.8 Å². The monoisotopic (exact) mass is 462 g/mol. The molecule has 0 radical (unpaired) electrons. The van der Waals surface area contributed by atoms with E-state index in [-0.39, 0.29) is 33.8 Å². The van der Waals surface area contributed by atoms with E-state index in [1.54, 1.807) is 27.7 Å². The number of halogens is 1. The minimum absolute atomic E-state index is 0.0442. The maximum atomic E-state index is 15.2. The highest BCUT2D eigenvalue weighted by atomic mass is 19.1. The molecule has 2 aromatic rings. The van der Waals surface area contributed by atoms with Crippen LogP contribution >= 0.6 is 0 Å². The third kappa shape index (κ3) is 5.75. The highest BCUT2D eigenvalue weighted by Gasteiger charge is 2.32. The molecule has 0 aliphatic carbocycles. The number of unbranched alkanes of at least 4 members (excludes halogenated alkanes) is 1. The first-order chi connectivity index (χ1) is 15.4. The van der Waals surface area contributed by atoms with Gasteiger partial charge in [0.15, 0.2) is 23.1 Å². The molecule has 0 aliphatic rings. The van der Waals surface area contributed by atoms with Gasteiger partial charge < -0.3 is 19.3 Å². The number of carbonyl (C=O) groups excluding carboxylic acids is 2. The molecule has 0 aliphatic heterocycles. The first-order valence-corrected chi connectivity index (χ1v) is 11.4. The summed E-state index contributed by atoms with van der Waals surface area (Å²) in [7, 11) is 0. The van der Waals surface area contributed by atoms with Gasteiger partial charge in [-0.05, 0) is 59.1 Å². The van der Waals surface area contributed by atoms with Gasteiger partial charge in [-0.2, -0.15) is 0 Å². The van der Waals surface area contributed by atoms with E-state index in [0.717, 1.165) is 18.9 Å². The first-order valence-electron chi connectivity index (χ1n) is 11.4.